The van der Waals surface area contributed by atoms with E-state index in [0.717, 1.165) is 20.8 Å². The average Bonchev–Trinajstić information content (AvgIpc) is 2.59. The van der Waals surface area contributed by atoms with E-state index in [2.05, 4.69) is 37.8 Å². The van der Waals surface area contributed by atoms with Gasteiger partial charge in [0.15, 0.2) is 0 Å². The van der Waals surface area contributed by atoms with Gasteiger partial charge in [-0.15, -0.1) is 0 Å². The molecular formula is C13H23N2OP. The molecule has 1 aliphatic heterocycles. The van der Waals surface area contributed by atoms with Gasteiger partial charge in [0.1, 0.15) is 5.75 Å². The summed E-state index contributed by atoms with van der Waals surface area (Å²) in [7, 11) is 4.78. The number of rotatable bonds is 1. The highest BCUT2D eigenvalue weighted by Crippen LogP contribution is 2.29. The second-order valence-electron chi connectivity index (χ2n) is 4.65. The Morgan fingerprint density at radius 2 is 1.88 bits per heavy atom. The maximum Gasteiger partial charge on any atom is 0.118 e. The molecule has 0 aliphatic carbocycles. The lowest BCUT2D eigenvalue weighted by atomic mass is 10.2. The van der Waals surface area contributed by atoms with Crippen molar-refractivity contribution in [2.75, 3.05) is 20.4 Å². The van der Waals surface area contributed by atoms with Crippen LogP contribution in [-0.2, 0) is 0 Å². The number of aryl methyl sites for hydroxylation is 1. The zero-order chi connectivity index (χ0) is 12.9. The van der Waals surface area contributed by atoms with Crippen LogP contribution in [0.5, 0.6) is 5.75 Å². The number of methoxy groups -OCH3 is 1. The summed E-state index contributed by atoms with van der Waals surface area (Å²) >= 11 is 0. The average molecular weight is 254 g/mol. The molecule has 1 N–H and O–H groups in total. The Kier molecular flexibility index (Phi) is 5.38. The van der Waals surface area contributed by atoms with Crippen LogP contribution in [0.1, 0.15) is 19.4 Å². The normalized spacial score (nSPS) is 19.8. The molecule has 2 rings (SSSR count). The number of hydrogen-bond donors (Lipinski definition) is 1. The molecule has 1 aliphatic rings. The van der Waals surface area contributed by atoms with Gasteiger partial charge in [0.05, 0.1) is 12.8 Å². The zero-order valence-corrected chi connectivity index (χ0v) is 12.4. The van der Waals surface area contributed by atoms with Gasteiger partial charge in [0.25, 0.3) is 0 Å². The predicted octanol–water partition coefficient (Wildman–Crippen LogP) is 2.81. The van der Waals surface area contributed by atoms with E-state index in [4.69, 9.17) is 4.74 Å². The van der Waals surface area contributed by atoms with E-state index in [1.165, 1.54) is 5.56 Å². The summed E-state index contributed by atoms with van der Waals surface area (Å²) in [5.74, 6) is 0.917. The van der Waals surface area contributed by atoms with Crippen molar-refractivity contribution in [1.29, 1.82) is 0 Å². The van der Waals surface area contributed by atoms with Crippen molar-refractivity contribution >= 4 is 8.73 Å². The fraction of sp³-hybridized carbons (Fsp3) is 0.538. The minimum atomic E-state index is 0.248. The largest absolute Gasteiger partial charge is 0.497 e. The molecular weight excluding hydrogens is 231 g/mol. The standard InChI is InChI=1S/C8H10O.C5H13N2P/c1-7-3-5-8(9-2)6-4-7;1-5(2)6-4-8-7(5)3/h3-6H,1-2H3;6,8H,4H2,1-3H3. The molecule has 1 fully saturated rings. The molecule has 4 heteroatoms. The summed E-state index contributed by atoms with van der Waals surface area (Å²) in [4.78, 5) is 0. The van der Waals surface area contributed by atoms with Crippen LogP contribution >= 0.6 is 8.73 Å². The predicted molar refractivity (Wildman–Crippen MR) is 75.9 cm³/mol. The van der Waals surface area contributed by atoms with Crippen LogP contribution < -0.4 is 10.1 Å². The lowest BCUT2D eigenvalue weighted by Crippen LogP contribution is -2.42. The summed E-state index contributed by atoms with van der Waals surface area (Å²) < 4.78 is 7.31. The second-order valence-corrected chi connectivity index (χ2v) is 5.99. The molecule has 0 amide bonds. The van der Waals surface area contributed by atoms with E-state index in [1.807, 2.05) is 24.3 Å². The Morgan fingerprint density at radius 1 is 1.29 bits per heavy atom. The molecule has 0 radical (unpaired) electrons. The number of benzene rings is 1. The Bertz CT molecular complexity index is 338. The van der Waals surface area contributed by atoms with Gasteiger partial charge >= 0.3 is 0 Å². The third-order valence-electron chi connectivity index (χ3n) is 2.93. The van der Waals surface area contributed by atoms with Crippen molar-refractivity contribution in [2.45, 2.75) is 26.4 Å². The SMILES string of the molecule is CN1PCNC1(C)C.COc1ccc(C)cc1. The summed E-state index contributed by atoms with van der Waals surface area (Å²) in [6.45, 7) is 6.46. The van der Waals surface area contributed by atoms with Crippen molar-refractivity contribution in [3.63, 3.8) is 0 Å². The quantitative estimate of drug-likeness (QED) is 0.780. The fourth-order valence-electron chi connectivity index (χ4n) is 1.36. The Morgan fingerprint density at radius 3 is 2.18 bits per heavy atom. The molecule has 0 aromatic heterocycles. The minimum absolute atomic E-state index is 0.248. The number of nitrogens with one attached hydrogen (secondary N) is 1. The topological polar surface area (TPSA) is 24.5 Å². The molecule has 1 atom stereocenters. The first-order valence-corrected chi connectivity index (χ1v) is 6.94. The smallest absolute Gasteiger partial charge is 0.118 e. The molecule has 0 bridgehead atoms. The van der Waals surface area contributed by atoms with Crippen LogP contribution in [0.25, 0.3) is 0 Å². The summed E-state index contributed by atoms with van der Waals surface area (Å²) in [5, 5.41) is 3.38. The molecule has 96 valence electrons. The van der Waals surface area contributed by atoms with E-state index >= 15 is 0 Å². The lowest BCUT2D eigenvalue weighted by molar-refractivity contribution is 0.263. The summed E-state index contributed by atoms with van der Waals surface area (Å²) in [5.41, 5.74) is 1.51. The summed E-state index contributed by atoms with van der Waals surface area (Å²) in [6, 6.07) is 7.96. The van der Waals surface area contributed by atoms with Crippen molar-refractivity contribution in [3.05, 3.63) is 29.8 Å². The monoisotopic (exact) mass is 254 g/mol. The van der Waals surface area contributed by atoms with Gasteiger partial charge in [0.2, 0.25) is 0 Å². The van der Waals surface area contributed by atoms with Crippen molar-refractivity contribution in [2.24, 2.45) is 0 Å². The third kappa shape index (κ3) is 4.63. The van der Waals surface area contributed by atoms with Crippen LogP contribution in [0.3, 0.4) is 0 Å². The number of hydrogen-bond acceptors (Lipinski definition) is 3. The van der Waals surface area contributed by atoms with Crippen LogP contribution in [-0.4, -0.2) is 30.8 Å². The molecule has 0 spiro atoms. The summed E-state index contributed by atoms with van der Waals surface area (Å²) in [6.07, 6.45) is 1.16. The first-order chi connectivity index (χ1) is 7.95. The fourth-order valence-corrected chi connectivity index (χ4v) is 2.59. The van der Waals surface area contributed by atoms with Gasteiger partial charge in [-0.2, -0.15) is 0 Å². The van der Waals surface area contributed by atoms with E-state index in [1.54, 1.807) is 7.11 Å². The highest BCUT2D eigenvalue weighted by atomic mass is 31.1. The highest BCUT2D eigenvalue weighted by Gasteiger charge is 2.27. The highest BCUT2D eigenvalue weighted by molar-refractivity contribution is 7.35. The van der Waals surface area contributed by atoms with Crippen LogP contribution in [0.4, 0.5) is 0 Å². The Labute approximate surface area is 106 Å². The second kappa shape index (κ2) is 6.34. The van der Waals surface area contributed by atoms with Crippen molar-refractivity contribution in [3.8, 4) is 5.75 Å². The van der Waals surface area contributed by atoms with E-state index in [-0.39, 0.29) is 5.66 Å². The van der Waals surface area contributed by atoms with Crippen molar-refractivity contribution < 1.29 is 4.74 Å². The minimum Gasteiger partial charge on any atom is -0.497 e. The number of ether oxygens (including phenoxy) is 1. The van der Waals surface area contributed by atoms with Gasteiger partial charge in [-0.1, -0.05) is 17.7 Å². The van der Waals surface area contributed by atoms with Gasteiger partial charge in [-0.25, -0.2) is 0 Å². The van der Waals surface area contributed by atoms with Crippen LogP contribution in [0.2, 0.25) is 0 Å². The van der Waals surface area contributed by atoms with Crippen LogP contribution in [0.15, 0.2) is 24.3 Å². The number of nitrogens with zero attached hydrogens (tertiary/aromatic N) is 1. The van der Waals surface area contributed by atoms with Gasteiger partial charge in [-0.3, -0.25) is 9.99 Å². The molecule has 1 heterocycles. The zero-order valence-electron chi connectivity index (χ0n) is 11.4. The third-order valence-corrected chi connectivity index (χ3v) is 4.30. The van der Waals surface area contributed by atoms with Gasteiger partial charge in [-0.05, 0) is 48.7 Å². The van der Waals surface area contributed by atoms with E-state index in [9.17, 15) is 0 Å². The lowest BCUT2D eigenvalue weighted by Gasteiger charge is -2.26. The molecule has 0 saturated carbocycles. The van der Waals surface area contributed by atoms with Crippen molar-refractivity contribution in [1.82, 2.24) is 9.99 Å². The molecule has 1 aromatic rings. The van der Waals surface area contributed by atoms with Gasteiger partial charge in [0, 0.05) is 6.29 Å². The van der Waals surface area contributed by atoms with Crippen LogP contribution in [0, 0.1) is 6.92 Å². The maximum absolute atomic E-state index is 4.97. The maximum atomic E-state index is 4.97. The van der Waals surface area contributed by atoms with E-state index in [0.29, 0.717) is 0 Å². The van der Waals surface area contributed by atoms with Gasteiger partial charge < -0.3 is 4.74 Å². The molecule has 3 nitrogen and oxygen atoms in total. The van der Waals surface area contributed by atoms with E-state index < -0.39 is 0 Å². The Balaban J connectivity index is 0.000000171. The molecule has 1 unspecified atom stereocenters. The Hall–Kier alpha value is -0.630. The first kappa shape index (κ1) is 14.4. The molecule has 17 heavy (non-hydrogen) atoms. The molecule has 1 aromatic carbocycles. The molecule has 1 saturated heterocycles. The first-order valence-electron chi connectivity index (χ1n) is 5.79.